The van der Waals surface area contributed by atoms with Crippen LogP contribution >= 0.6 is 0 Å². The SMILES string of the molecule is CC(C)(C)OC(=O)N[C@H]1C[C@@H](N)[C@H](O[C@H]2O[C@H](CO)[C@@H](O)[C@H](N)[C@H]2O)[C@@H](O)C1O. The van der Waals surface area contributed by atoms with Crippen LogP contribution in [-0.2, 0) is 14.2 Å². The lowest BCUT2D eigenvalue weighted by Gasteiger charge is -2.46. The molecule has 12 heteroatoms. The minimum atomic E-state index is -1.52. The summed E-state index contributed by atoms with van der Waals surface area (Å²) in [5.41, 5.74) is 11.1. The first-order chi connectivity index (χ1) is 13.4. The van der Waals surface area contributed by atoms with Gasteiger partial charge in [-0.1, -0.05) is 0 Å². The van der Waals surface area contributed by atoms with E-state index in [2.05, 4.69) is 5.32 Å². The summed E-state index contributed by atoms with van der Waals surface area (Å²) in [6, 6.07) is -2.89. The Hall–Kier alpha value is -1.09. The van der Waals surface area contributed by atoms with Crippen LogP contribution in [0, 0.1) is 0 Å². The first-order valence-corrected chi connectivity index (χ1v) is 9.50. The molecule has 1 saturated heterocycles. The lowest BCUT2D eigenvalue weighted by molar-refractivity contribution is -0.304. The highest BCUT2D eigenvalue weighted by Gasteiger charge is 2.49. The Balaban J connectivity index is 2.02. The Bertz CT molecular complexity index is 559. The molecule has 0 spiro atoms. The van der Waals surface area contributed by atoms with Gasteiger partial charge in [0.05, 0.1) is 18.7 Å². The van der Waals surface area contributed by atoms with E-state index in [4.69, 9.17) is 25.7 Å². The average Bonchev–Trinajstić information content (AvgIpc) is 2.61. The summed E-state index contributed by atoms with van der Waals surface area (Å²) in [6.07, 6.45) is -10.1. The summed E-state index contributed by atoms with van der Waals surface area (Å²) < 4.78 is 16.0. The molecule has 0 radical (unpaired) electrons. The number of alkyl carbamates (subject to hydrolysis) is 1. The number of carbonyl (C=O) groups excluding carboxylic acids is 1. The molecule has 1 amide bonds. The molecule has 2 rings (SSSR count). The number of hydrogen-bond donors (Lipinski definition) is 8. The molecule has 1 aliphatic carbocycles. The number of hydrogen-bond acceptors (Lipinski definition) is 11. The van der Waals surface area contributed by atoms with Gasteiger partial charge in [-0.3, -0.25) is 0 Å². The van der Waals surface area contributed by atoms with Crippen LogP contribution in [0.4, 0.5) is 4.79 Å². The van der Waals surface area contributed by atoms with E-state index in [0.29, 0.717) is 0 Å². The molecule has 1 saturated carbocycles. The van der Waals surface area contributed by atoms with Gasteiger partial charge in [-0.05, 0) is 27.2 Å². The Morgan fingerprint density at radius 3 is 2.28 bits per heavy atom. The first kappa shape index (κ1) is 24.2. The van der Waals surface area contributed by atoms with Crippen LogP contribution in [0.5, 0.6) is 0 Å². The van der Waals surface area contributed by atoms with Gasteiger partial charge in [0.1, 0.15) is 42.2 Å². The van der Waals surface area contributed by atoms with Gasteiger partial charge >= 0.3 is 6.09 Å². The lowest BCUT2D eigenvalue weighted by atomic mass is 9.84. The van der Waals surface area contributed by atoms with E-state index >= 15 is 0 Å². The van der Waals surface area contributed by atoms with E-state index in [1.165, 1.54) is 0 Å². The monoisotopic (exact) mass is 423 g/mol. The van der Waals surface area contributed by atoms with Gasteiger partial charge in [-0.15, -0.1) is 0 Å². The van der Waals surface area contributed by atoms with E-state index in [-0.39, 0.29) is 6.42 Å². The predicted octanol–water partition coefficient (Wildman–Crippen LogP) is -3.52. The molecule has 1 unspecified atom stereocenters. The van der Waals surface area contributed by atoms with Crippen molar-refractivity contribution in [1.82, 2.24) is 5.32 Å². The van der Waals surface area contributed by atoms with Gasteiger partial charge in [0, 0.05) is 6.04 Å². The van der Waals surface area contributed by atoms with Crippen LogP contribution in [0.1, 0.15) is 27.2 Å². The second-order valence-corrected chi connectivity index (χ2v) is 8.52. The van der Waals surface area contributed by atoms with E-state index in [1.807, 2.05) is 0 Å². The van der Waals surface area contributed by atoms with E-state index in [9.17, 15) is 30.3 Å². The summed E-state index contributed by atoms with van der Waals surface area (Å²) in [7, 11) is 0. The van der Waals surface area contributed by atoms with Crippen molar-refractivity contribution in [3.8, 4) is 0 Å². The highest BCUT2D eigenvalue weighted by Crippen LogP contribution is 2.28. The minimum Gasteiger partial charge on any atom is -0.444 e. The van der Waals surface area contributed by atoms with Crippen molar-refractivity contribution in [1.29, 1.82) is 0 Å². The van der Waals surface area contributed by atoms with Gasteiger partial charge in [0.2, 0.25) is 0 Å². The molecule has 1 heterocycles. The third-order valence-corrected chi connectivity index (χ3v) is 4.98. The smallest absolute Gasteiger partial charge is 0.407 e. The number of rotatable bonds is 4. The van der Waals surface area contributed by atoms with Gasteiger partial charge in [0.15, 0.2) is 6.29 Å². The zero-order valence-corrected chi connectivity index (χ0v) is 16.7. The van der Waals surface area contributed by atoms with Gasteiger partial charge in [-0.2, -0.15) is 0 Å². The van der Waals surface area contributed by atoms with Crippen molar-refractivity contribution in [2.75, 3.05) is 6.61 Å². The van der Waals surface area contributed by atoms with E-state index in [1.54, 1.807) is 20.8 Å². The number of ether oxygens (including phenoxy) is 3. The molecule has 170 valence electrons. The molecule has 2 fully saturated rings. The fraction of sp³-hybridized carbons (Fsp3) is 0.941. The van der Waals surface area contributed by atoms with Crippen molar-refractivity contribution in [3.63, 3.8) is 0 Å². The third-order valence-electron chi connectivity index (χ3n) is 4.98. The molecule has 2 aliphatic rings. The normalized spacial score (nSPS) is 43.7. The zero-order valence-electron chi connectivity index (χ0n) is 16.7. The molecule has 0 aromatic carbocycles. The fourth-order valence-electron chi connectivity index (χ4n) is 3.42. The van der Waals surface area contributed by atoms with Crippen LogP contribution in [-0.4, -0.2) is 105 Å². The number of amides is 1. The van der Waals surface area contributed by atoms with Crippen molar-refractivity contribution in [2.45, 2.75) is 93.8 Å². The van der Waals surface area contributed by atoms with E-state index < -0.39 is 79.3 Å². The van der Waals surface area contributed by atoms with Crippen LogP contribution < -0.4 is 16.8 Å². The molecule has 12 nitrogen and oxygen atoms in total. The summed E-state index contributed by atoms with van der Waals surface area (Å²) >= 11 is 0. The summed E-state index contributed by atoms with van der Waals surface area (Å²) in [5.74, 6) is 0. The third kappa shape index (κ3) is 5.75. The summed E-state index contributed by atoms with van der Waals surface area (Å²) in [6.45, 7) is 4.49. The molecular weight excluding hydrogens is 390 g/mol. The highest BCUT2D eigenvalue weighted by atomic mass is 16.7. The average molecular weight is 423 g/mol. The van der Waals surface area contributed by atoms with Crippen LogP contribution in [0.15, 0.2) is 0 Å². The summed E-state index contributed by atoms with van der Waals surface area (Å²) in [5, 5.41) is 52.7. The second-order valence-electron chi connectivity index (χ2n) is 8.52. The van der Waals surface area contributed by atoms with Gasteiger partial charge in [-0.25, -0.2) is 4.79 Å². The fourth-order valence-corrected chi connectivity index (χ4v) is 3.42. The Morgan fingerprint density at radius 1 is 1.10 bits per heavy atom. The number of aliphatic hydroxyl groups excluding tert-OH is 5. The summed E-state index contributed by atoms with van der Waals surface area (Å²) in [4.78, 5) is 12.0. The molecule has 0 bridgehead atoms. The lowest BCUT2D eigenvalue weighted by Crippen LogP contribution is -2.67. The number of carbonyl (C=O) groups is 1. The number of nitrogens with one attached hydrogen (secondary N) is 1. The minimum absolute atomic E-state index is 0.0447. The maximum atomic E-state index is 12.0. The standard InChI is InChI=1S/C17H33N3O9/c1-17(2,3)29-16(26)20-7-4-6(18)14(13(25)10(7)22)28-15-12(24)9(19)11(23)8(5-21)27-15/h6-15,21-25H,4-5,18-19H2,1-3H3,(H,20,26)/t6-,7+,8-,9+,10?,11-,12-,13+,14+,15-/m1/s1. The molecular formula is C17H33N3O9. The Morgan fingerprint density at radius 2 is 1.72 bits per heavy atom. The van der Waals surface area contributed by atoms with Crippen LogP contribution in [0.3, 0.4) is 0 Å². The molecule has 0 aromatic heterocycles. The Labute approximate surface area is 168 Å². The number of nitrogens with two attached hydrogens (primary N) is 2. The highest BCUT2D eigenvalue weighted by molar-refractivity contribution is 5.68. The van der Waals surface area contributed by atoms with Gasteiger partial charge < -0.3 is 56.5 Å². The zero-order chi connectivity index (χ0) is 22.1. The first-order valence-electron chi connectivity index (χ1n) is 9.50. The number of aliphatic hydroxyl groups is 5. The van der Waals surface area contributed by atoms with Gasteiger partial charge in [0.25, 0.3) is 0 Å². The quantitative estimate of drug-likeness (QED) is 0.222. The van der Waals surface area contributed by atoms with E-state index in [0.717, 1.165) is 0 Å². The second kappa shape index (κ2) is 9.37. The maximum Gasteiger partial charge on any atom is 0.407 e. The van der Waals surface area contributed by atoms with Crippen molar-refractivity contribution < 1.29 is 44.5 Å². The molecule has 1 aliphatic heterocycles. The van der Waals surface area contributed by atoms with Crippen LogP contribution in [0.25, 0.3) is 0 Å². The Kier molecular flexibility index (Phi) is 7.81. The largest absolute Gasteiger partial charge is 0.444 e. The van der Waals surface area contributed by atoms with Crippen molar-refractivity contribution >= 4 is 6.09 Å². The molecule has 10 N–H and O–H groups in total. The van der Waals surface area contributed by atoms with Crippen LogP contribution in [0.2, 0.25) is 0 Å². The predicted molar refractivity (Wildman–Crippen MR) is 98.4 cm³/mol. The molecule has 10 atom stereocenters. The maximum absolute atomic E-state index is 12.0. The molecule has 29 heavy (non-hydrogen) atoms. The topological polar surface area (TPSA) is 210 Å². The van der Waals surface area contributed by atoms with Crippen molar-refractivity contribution in [2.24, 2.45) is 11.5 Å². The van der Waals surface area contributed by atoms with Crippen molar-refractivity contribution in [3.05, 3.63) is 0 Å². The molecule has 0 aromatic rings.